The summed E-state index contributed by atoms with van der Waals surface area (Å²) in [5.41, 5.74) is 1.18. The molecule has 2 aliphatic rings. The van der Waals surface area contributed by atoms with Crippen molar-refractivity contribution in [2.24, 2.45) is 10.1 Å². The van der Waals surface area contributed by atoms with Crippen molar-refractivity contribution in [1.29, 1.82) is 5.41 Å². The van der Waals surface area contributed by atoms with Crippen LogP contribution in [-0.4, -0.2) is 44.3 Å². The van der Waals surface area contributed by atoms with Gasteiger partial charge in [0.2, 0.25) is 10.2 Å². The van der Waals surface area contributed by atoms with E-state index in [1.54, 1.807) is 35.0 Å². The molecule has 0 unspecified atom stereocenters. The lowest BCUT2D eigenvalue weighted by Crippen LogP contribution is -2.35. The van der Waals surface area contributed by atoms with Crippen molar-refractivity contribution in [3.63, 3.8) is 0 Å². The summed E-state index contributed by atoms with van der Waals surface area (Å²) in [6.45, 7) is 2.43. The van der Waals surface area contributed by atoms with Crippen molar-refractivity contribution in [2.75, 3.05) is 6.61 Å². The van der Waals surface area contributed by atoms with E-state index in [1.165, 1.54) is 6.08 Å². The Bertz CT molecular complexity index is 1120. The van der Waals surface area contributed by atoms with Crippen LogP contribution in [0.15, 0.2) is 58.3 Å². The standard InChI is InChI=1S/C19H14F3N5O2S/c1-2-29-13-7-5-11(6-8-13)26-9-3-4-12(26)10-14-15(23)27-18(24-16(14)28)30-17(25-27)19(20,21)22/h3-10,23H,2H2,1H3/b14-10+,23-15?. The monoisotopic (exact) mass is 433 g/mol. The Morgan fingerprint density at radius 1 is 1.23 bits per heavy atom. The molecule has 2 aromatic rings. The SMILES string of the molecule is CCOc1ccc(-n2cccc2/C=C2\C(=N)N3N=C(C(F)(F)F)SC3=NC2=O)cc1. The topological polar surface area (TPSA) is 83.0 Å². The van der Waals surface area contributed by atoms with Gasteiger partial charge in [0.1, 0.15) is 5.75 Å². The Labute approximate surface area is 173 Å². The summed E-state index contributed by atoms with van der Waals surface area (Å²) < 4.78 is 46.0. The van der Waals surface area contributed by atoms with Gasteiger partial charge in [0.05, 0.1) is 12.2 Å². The molecule has 1 aromatic carbocycles. The van der Waals surface area contributed by atoms with E-state index in [-0.39, 0.29) is 22.5 Å². The number of hydrogen-bond acceptors (Lipinski definition) is 5. The quantitative estimate of drug-likeness (QED) is 0.738. The molecule has 0 aliphatic carbocycles. The lowest BCUT2D eigenvalue weighted by atomic mass is 10.1. The molecule has 11 heteroatoms. The lowest BCUT2D eigenvalue weighted by molar-refractivity contribution is -0.114. The van der Waals surface area contributed by atoms with Gasteiger partial charge in [0.25, 0.3) is 5.91 Å². The Hall–Kier alpha value is -3.34. The Kier molecular flexibility index (Phi) is 4.98. The van der Waals surface area contributed by atoms with Gasteiger partial charge in [-0.25, -0.2) is 0 Å². The summed E-state index contributed by atoms with van der Waals surface area (Å²) in [5.74, 6) is -0.544. The fourth-order valence-electron chi connectivity index (χ4n) is 2.87. The molecule has 4 rings (SSSR count). The van der Waals surface area contributed by atoms with Crippen molar-refractivity contribution in [2.45, 2.75) is 13.1 Å². The third kappa shape index (κ3) is 3.63. The number of amidine groups is 2. The van der Waals surface area contributed by atoms with Crippen molar-refractivity contribution < 1.29 is 22.7 Å². The van der Waals surface area contributed by atoms with E-state index in [4.69, 9.17) is 10.1 Å². The van der Waals surface area contributed by atoms with Crippen molar-refractivity contribution in [3.8, 4) is 11.4 Å². The first-order chi connectivity index (χ1) is 14.3. The van der Waals surface area contributed by atoms with Crippen LogP contribution >= 0.6 is 11.8 Å². The Balaban J connectivity index is 1.67. The summed E-state index contributed by atoms with van der Waals surface area (Å²) in [4.78, 5) is 16.1. The molecule has 3 heterocycles. The number of nitrogens with zero attached hydrogens (tertiary/aromatic N) is 4. The second kappa shape index (κ2) is 7.48. The van der Waals surface area contributed by atoms with Crippen LogP contribution in [0.1, 0.15) is 12.6 Å². The summed E-state index contributed by atoms with van der Waals surface area (Å²) in [5, 5.41) is 10.9. The minimum Gasteiger partial charge on any atom is -0.494 e. The van der Waals surface area contributed by atoms with Gasteiger partial charge in [0, 0.05) is 17.6 Å². The fraction of sp³-hybridized carbons (Fsp3) is 0.158. The van der Waals surface area contributed by atoms with Crippen LogP contribution in [0.5, 0.6) is 5.75 Å². The number of nitrogens with one attached hydrogen (secondary N) is 1. The zero-order valence-electron chi connectivity index (χ0n) is 15.5. The maximum Gasteiger partial charge on any atom is 0.441 e. The van der Waals surface area contributed by atoms with E-state index in [2.05, 4.69) is 10.1 Å². The average Bonchev–Trinajstić information content (AvgIpc) is 3.33. The molecule has 2 aliphatic heterocycles. The predicted octanol–water partition coefficient (Wildman–Crippen LogP) is 4.06. The van der Waals surface area contributed by atoms with Gasteiger partial charge in [-0.1, -0.05) is 0 Å². The Morgan fingerprint density at radius 2 is 1.97 bits per heavy atom. The number of carbonyl (C=O) groups excluding carboxylic acids is 1. The summed E-state index contributed by atoms with van der Waals surface area (Å²) in [6.07, 6.45) is -1.51. The van der Waals surface area contributed by atoms with Gasteiger partial charge in [-0.3, -0.25) is 10.2 Å². The van der Waals surface area contributed by atoms with Crippen molar-refractivity contribution in [1.82, 2.24) is 9.58 Å². The molecule has 0 atom stereocenters. The van der Waals surface area contributed by atoms with Gasteiger partial charge >= 0.3 is 6.18 Å². The zero-order chi connectivity index (χ0) is 21.5. The van der Waals surface area contributed by atoms with E-state index in [9.17, 15) is 18.0 Å². The molecule has 0 radical (unpaired) electrons. The number of aliphatic imine (C=N–C) groups is 1. The molecular weight excluding hydrogens is 419 g/mol. The smallest absolute Gasteiger partial charge is 0.441 e. The van der Waals surface area contributed by atoms with Crippen LogP contribution in [0.2, 0.25) is 0 Å². The first-order valence-corrected chi connectivity index (χ1v) is 9.57. The van der Waals surface area contributed by atoms with Gasteiger partial charge in [0.15, 0.2) is 5.84 Å². The summed E-state index contributed by atoms with van der Waals surface area (Å²) in [6, 6.07) is 10.7. The number of amides is 1. The van der Waals surface area contributed by atoms with Gasteiger partial charge in [-0.2, -0.15) is 28.3 Å². The molecule has 0 fully saturated rings. The van der Waals surface area contributed by atoms with Crippen LogP contribution in [0.4, 0.5) is 13.2 Å². The van der Waals surface area contributed by atoms with Crippen molar-refractivity contribution >= 4 is 39.8 Å². The number of hydrazone groups is 1. The highest BCUT2D eigenvalue weighted by Gasteiger charge is 2.46. The number of thioether (sulfide) groups is 1. The zero-order valence-corrected chi connectivity index (χ0v) is 16.3. The van der Waals surface area contributed by atoms with Crippen LogP contribution in [0.3, 0.4) is 0 Å². The third-order valence-electron chi connectivity index (χ3n) is 4.20. The molecule has 1 amide bonds. The largest absolute Gasteiger partial charge is 0.494 e. The van der Waals surface area contributed by atoms with Gasteiger partial charge in [-0.05, 0) is 61.2 Å². The molecule has 0 saturated heterocycles. The number of benzene rings is 1. The minimum atomic E-state index is -4.68. The highest BCUT2D eigenvalue weighted by Crippen LogP contribution is 2.35. The normalized spacial score (nSPS) is 17.9. The van der Waals surface area contributed by atoms with E-state index in [0.29, 0.717) is 18.1 Å². The molecular formula is C19H14F3N5O2S. The number of alkyl halides is 3. The van der Waals surface area contributed by atoms with Gasteiger partial charge < -0.3 is 9.30 Å². The van der Waals surface area contributed by atoms with E-state index in [1.807, 2.05) is 19.1 Å². The average molecular weight is 433 g/mol. The second-order valence-electron chi connectivity index (χ2n) is 6.15. The molecule has 154 valence electrons. The molecule has 30 heavy (non-hydrogen) atoms. The lowest BCUT2D eigenvalue weighted by Gasteiger charge is -2.20. The first-order valence-electron chi connectivity index (χ1n) is 8.76. The number of aromatic nitrogens is 1. The molecule has 0 bridgehead atoms. The van der Waals surface area contributed by atoms with E-state index < -0.39 is 23.0 Å². The molecule has 1 N–H and O–H groups in total. The summed E-state index contributed by atoms with van der Waals surface area (Å²) >= 11 is 0.219. The third-order valence-corrected chi connectivity index (χ3v) is 5.15. The van der Waals surface area contributed by atoms with Crippen molar-refractivity contribution in [3.05, 3.63) is 53.9 Å². The van der Waals surface area contributed by atoms with E-state index in [0.717, 1.165) is 10.7 Å². The maximum absolute atomic E-state index is 12.9. The first kappa shape index (κ1) is 20.0. The molecule has 7 nitrogen and oxygen atoms in total. The Morgan fingerprint density at radius 3 is 2.63 bits per heavy atom. The predicted molar refractivity (Wildman–Crippen MR) is 108 cm³/mol. The number of carbonyl (C=O) groups is 1. The highest BCUT2D eigenvalue weighted by atomic mass is 32.2. The number of hydrogen-bond donors (Lipinski definition) is 1. The highest BCUT2D eigenvalue weighted by molar-refractivity contribution is 8.27. The molecule has 1 aromatic heterocycles. The van der Waals surface area contributed by atoms with Crippen LogP contribution in [-0.2, 0) is 4.79 Å². The second-order valence-corrected chi connectivity index (χ2v) is 7.11. The summed E-state index contributed by atoms with van der Waals surface area (Å²) in [7, 11) is 0. The fourth-order valence-corrected chi connectivity index (χ4v) is 3.63. The minimum absolute atomic E-state index is 0.155. The maximum atomic E-state index is 12.9. The van der Waals surface area contributed by atoms with Crippen LogP contribution < -0.4 is 4.74 Å². The van der Waals surface area contributed by atoms with Crippen LogP contribution in [0, 0.1) is 5.41 Å². The number of halogens is 3. The number of fused-ring (bicyclic) bond motifs is 1. The van der Waals surface area contributed by atoms with Gasteiger partial charge in [-0.15, -0.1) is 0 Å². The van der Waals surface area contributed by atoms with E-state index >= 15 is 0 Å². The van der Waals surface area contributed by atoms with Crippen LogP contribution in [0.25, 0.3) is 11.8 Å². The molecule has 0 saturated carbocycles. The molecule has 0 spiro atoms. The number of ether oxygens (including phenoxy) is 1. The number of rotatable bonds is 4.